The van der Waals surface area contributed by atoms with Crippen LogP contribution < -0.4 is 10.2 Å². The number of nitrogens with one attached hydrogen (secondary N) is 1. The van der Waals surface area contributed by atoms with E-state index in [4.69, 9.17) is 0 Å². The molecule has 0 saturated heterocycles. The van der Waals surface area contributed by atoms with E-state index >= 15 is 0 Å². The van der Waals surface area contributed by atoms with Gasteiger partial charge < -0.3 is 5.11 Å². The summed E-state index contributed by atoms with van der Waals surface area (Å²) in [6.07, 6.45) is 2.56. The molecule has 0 aliphatic carbocycles. The zero-order valence-corrected chi connectivity index (χ0v) is 19.2. The smallest absolute Gasteiger partial charge is 0.345 e. The largest absolute Gasteiger partial charge is 0.507 e. The van der Waals surface area contributed by atoms with Gasteiger partial charge >= 0.3 is 5.00 Å². The number of phenols is 1. The van der Waals surface area contributed by atoms with Crippen molar-refractivity contribution in [1.82, 2.24) is 20.0 Å². The first kappa shape index (κ1) is 22.8. The summed E-state index contributed by atoms with van der Waals surface area (Å²) in [5.74, 6) is -2.29. The van der Waals surface area contributed by atoms with Crippen molar-refractivity contribution in [2.75, 3.05) is 10.2 Å². The molecule has 0 spiro atoms. The summed E-state index contributed by atoms with van der Waals surface area (Å²) in [6, 6.07) is 9.35. The molecule has 0 saturated carbocycles. The third-order valence-corrected chi connectivity index (χ3v) is 6.24. The van der Waals surface area contributed by atoms with Crippen LogP contribution in [0.5, 0.6) is 5.75 Å². The fourth-order valence-electron chi connectivity index (χ4n) is 3.66. The Hall–Kier alpha value is -4.98. The number of nitro groups is 1. The summed E-state index contributed by atoms with van der Waals surface area (Å²) >= 11 is 0.687. The van der Waals surface area contributed by atoms with Gasteiger partial charge in [0, 0.05) is 6.07 Å². The summed E-state index contributed by atoms with van der Waals surface area (Å²) < 4.78 is 1.35. The minimum Gasteiger partial charge on any atom is -0.507 e. The lowest BCUT2D eigenvalue weighted by Gasteiger charge is -2.14. The fourth-order valence-corrected chi connectivity index (χ4v) is 4.28. The maximum atomic E-state index is 12.5. The number of aromatic nitrogens is 4. The average molecular weight is 505 g/mol. The fraction of sp³-hybridized carbons (Fsp3) is 0.0909. The number of aryl methyl sites for hydroxylation is 1. The Morgan fingerprint density at radius 1 is 1.22 bits per heavy atom. The number of phenolic OH excluding ortho intramolecular Hbond substituents is 1. The second kappa shape index (κ2) is 8.66. The van der Waals surface area contributed by atoms with E-state index in [9.17, 15) is 29.6 Å². The maximum Gasteiger partial charge on any atom is 0.345 e. The third-order valence-electron chi connectivity index (χ3n) is 5.37. The van der Waals surface area contributed by atoms with Gasteiger partial charge in [0.2, 0.25) is 0 Å². The highest BCUT2D eigenvalue weighted by atomic mass is 32.1. The first-order valence-electron chi connectivity index (χ1n) is 10.3. The SMILES string of the molecule is Cc1ccc2c(c1)C(=O)C(=O)N2Cc1cn(-c2ccc(C(=O)Nc3ncc([N+](=O)[O-])s3)c(O)c2)nn1. The van der Waals surface area contributed by atoms with Crippen LogP contribution in [0.1, 0.15) is 32.0 Å². The number of anilines is 2. The molecule has 0 bridgehead atoms. The Labute approximate surface area is 205 Å². The van der Waals surface area contributed by atoms with E-state index in [1.54, 1.807) is 12.1 Å². The number of amides is 2. The Balaban J connectivity index is 1.32. The molecule has 0 unspecified atom stereocenters. The molecule has 5 rings (SSSR count). The van der Waals surface area contributed by atoms with Gasteiger partial charge in [-0.2, -0.15) is 0 Å². The summed E-state index contributed by atoms with van der Waals surface area (Å²) in [5, 5.41) is 31.4. The number of benzene rings is 2. The Bertz CT molecular complexity index is 1580. The molecular formula is C22H15N7O6S. The van der Waals surface area contributed by atoms with Crippen LogP contribution in [0.25, 0.3) is 5.69 Å². The molecule has 2 aromatic heterocycles. The number of hydrogen-bond donors (Lipinski definition) is 2. The number of rotatable bonds is 6. The summed E-state index contributed by atoms with van der Waals surface area (Å²) in [6.45, 7) is 1.86. The molecule has 0 atom stereocenters. The van der Waals surface area contributed by atoms with Crippen molar-refractivity contribution < 1.29 is 24.4 Å². The predicted octanol–water partition coefficient (Wildman–Crippen LogP) is 2.63. The Morgan fingerprint density at radius 2 is 2.03 bits per heavy atom. The van der Waals surface area contributed by atoms with Crippen LogP contribution in [0.2, 0.25) is 0 Å². The van der Waals surface area contributed by atoms with Crippen molar-refractivity contribution in [3.8, 4) is 11.4 Å². The molecule has 14 heteroatoms. The van der Waals surface area contributed by atoms with E-state index in [1.165, 1.54) is 34.0 Å². The van der Waals surface area contributed by atoms with E-state index < -0.39 is 22.5 Å². The van der Waals surface area contributed by atoms with Crippen LogP contribution in [-0.2, 0) is 11.3 Å². The average Bonchev–Trinajstić information content (AvgIpc) is 3.56. The van der Waals surface area contributed by atoms with E-state index in [2.05, 4.69) is 20.6 Å². The minimum absolute atomic E-state index is 0.0165. The standard InChI is InChI=1S/C22H15N7O6S/c1-11-2-5-16-15(6-11)19(31)21(33)27(16)9-12-10-28(26-25-12)13-3-4-14(17(30)7-13)20(32)24-22-23-8-18(36-22)29(34)35/h2-8,10,30H,9H2,1H3,(H,23,24,32). The van der Waals surface area contributed by atoms with Gasteiger partial charge in [-0.15, -0.1) is 5.10 Å². The van der Waals surface area contributed by atoms with Crippen molar-refractivity contribution in [2.45, 2.75) is 13.5 Å². The van der Waals surface area contributed by atoms with Crippen molar-refractivity contribution in [1.29, 1.82) is 0 Å². The summed E-state index contributed by atoms with van der Waals surface area (Å²) in [4.78, 5) is 52.5. The lowest BCUT2D eigenvalue weighted by Crippen LogP contribution is -2.29. The van der Waals surface area contributed by atoms with Crippen molar-refractivity contribution >= 4 is 44.8 Å². The number of Topliss-reactive ketones (excluding diaryl/α,β-unsaturated/α-hetero) is 1. The second-order valence-electron chi connectivity index (χ2n) is 7.81. The molecule has 2 N–H and O–H groups in total. The number of ketones is 1. The predicted molar refractivity (Wildman–Crippen MR) is 126 cm³/mol. The summed E-state index contributed by atoms with van der Waals surface area (Å²) in [5.41, 5.74) is 2.42. The molecule has 3 heterocycles. The number of carbonyl (C=O) groups is 3. The van der Waals surface area contributed by atoms with Crippen LogP contribution >= 0.6 is 11.3 Å². The van der Waals surface area contributed by atoms with Crippen molar-refractivity contribution in [3.05, 3.63) is 81.3 Å². The van der Waals surface area contributed by atoms with Gasteiger partial charge in [0.25, 0.3) is 17.6 Å². The van der Waals surface area contributed by atoms with E-state index in [0.717, 1.165) is 11.8 Å². The number of fused-ring (bicyclic) bond motifs is 1. The van der Waals surface area contributed by atoms with Crippen molar-refractivity contribution in [3.63, 3.8) is 0 Å². The molecule has 36 heavy (non-hydrogen) atoms. The maximum absolute atomic E-state index is 12.5. The highest BCUT2D eigenvalue weighted by Crippen LogP contribution is 2.31. The zero-order valence-electron chi connectivity index (χ0n) is 18.4. The molecule has 13 nitrogen and oxygen atoms in total. The van der Waals surface area contributed by atoms with Crippen molar-refractivity contribution in [2.24, 2.45) is 0 Å². The Morgan fingerprint density at radius 3 is 2.75 bits per heavy atom. The topological polar surface area (TPSA) is 173 Å². The number of aromatic hydroxyl groups is 1. The highest BCUT2D eigenvalue weighted by Gasteiger charge is 2.36. The van der Waals surface area contributed by atoms with Gasteiger partial charge in [0.1, 0.15) is 17.6 Å². The molecule has 4 aromatic rings. The number of nitrogens with zero attached hydrogens (tertiary/aromatic N) is 6. The quantitative estimate of drug-likeness (QED) is 0.227. The van der Waals surface area contributed by atoms with Crippen LogP contribution in [-0.4, -0.2) is 47.6 Å². The number of hydrogen-bond acceptors (Lipinski definition) is 10. The Kier molecular flexibility index (Phi) is 5.49. The monoisotopic (exact) mass is 505 g/mol. The lowest BCUT2D eigenvalue weighted by atomic mass is 10.1. The number of thiazole rings is 1. The van der Waals surface area contributed by atoms with Gasteiger partial charge in [0.15, 0.2) is 5.13 Å². The third kappa shape index (κ3) is 4.05. The molecule has 1 aliphatic rings. The minimum atomic E-state index is -0.700. The van der Waals surface area contributed by atoms with Gasteiger partial charge in [-0.1, -0.05) is 16.8 Å². The van der Waals surface area contributed by atoms with Gasteiger partial charge in [-0.3, -0.25) is 34.7 Å². The van der Waals surface area contributed by atoms with Gasteiger partial charge in [-0.25, -0.2) is 9.67 Å². The first-order valence-corrected chi connectivity index (χ1v) is 11.2. The van der Waals surface area contributed by atoms with Crippen LogP contribution in [0.3, 0.4) is 0 Å². The molecule has 0 fully saturated rings. The van der Waals surface area contributed by atoms with Crippen LogP contribution in [0.15, 0.2) is 48.8 Å². The van der Waals surface area contributed by atoms with E-state index in [0.29, 0.717) is 34.0 Å². The zero-order chi connectivity index (χ0) is 25.6. The van der Waals surface area contributed by atoms with Gasteiger partial charge in [-0.05, 0) is 42.5 Å². The number of carbonyl (C=O) groups excluding carboxylic acids is 3. The molecule has 0 radical (unpaired) electrons. The normalized spacial score (nSPS) is 12.6. The van der Waals surface area contributed by atoms with Crippen LogP contribution in [0, 0.1) is 17.0 Å². The highest BCUT2D eigenvalue weighted by molar-refractivity contribution is 7.18. The molecule has 180 valence electrons. The molecule has 2 amide bonds. The molecule has 2 aromatic carbocycles. The van der Waals surface area contributed by atoms with Crippen LogP contribution in [0.4, 0.5) is 15.8 Å². The molecule has 1 aliphatic heterocycles. The summed E-state index contributed by atoms with van der Waals surface area (Å²) in [7, 11) is 0. The van der Waals surface area contributed by atoms with E-state index in [1.807, 2.05) is 13.0 Å². The molecular weight excluding hydrogens is 490 g/mol. The lowest BCUT2D eigenvalue weighted by molar-refractivity contribution is -0.380. The van der Waals surface area contributed by atoms with Gasteiger partial charge in [0.05, 0.1) is 40.2 Å². The first-order chi connectivity index (χ1) is 17.2. The second-order valence-corrected chi connectivity index (χ2v) is 8.82. The van der Waals surface area contributed by atoms with E-state index in [-0.39, 0.29) is 28.0 Å².